The summed E-state index contributed by atoms with van der Waals surface area (Å²) in [7, 11) is 5.35. The van der Waals surface area contributed by atoms with Crippen LogP contribution >= 0.6 is 0 Å². The third kappa shape index (κ3) is 3.92. The smallest absolute Gasteiger partial charge is 0.454 e. The fraction of sp³-hybridized carbons (Fsp3) is 0.438. The van der Waals surface area contributed by atoms with Crippen LogP contribution in [0.1, 0.15) is 12.5 Å². The van der Waals surface area contributed by atoms with E-state index in [9.17, 15) is 4.79 Å². The molecule has 0 fully saturated rings. The monoisotopic (exact) mass is 306 g/mol. The summed E-state index contributed by atoms with van der Waals surface area (Å²) in [6.45, 7) is 2.59. The number of methoxy groups -OCH3 is 1. The zero-order chi connectivity index (χ0) is 16.1. The Balaban J connectivity index is 2.21. The molecular weight excluding hydrogens is 284 g/mol. The minimum absolute atomic E-state index is 0.684. The van der Waals surface area contributed by atoms with Gasteiger partial charge in [0.05, 0.1) is 7.11 Å². The number of hydrogen-bond acceptors (Lipinski definition) is 5. The van der Waals surface area contributed by atoms with Gasteiger partial charge in [-0.05, 0) is 38.2 Å². The van der Waals surface area contributed by atoms with Gasteiger partial charge in [0.1, 0.15) is 5.75 Å². The average molecular weight is 306 g/mol. The van der Waals surface area contributed by atoms with E-state index in [-0.39, 0.29) is 0 Å². The first-order valence-corrected chi connectivity index (χ1v) is 7.16. The maximum atomic E-state index is 11.1. The molecule has 1 N–H and O–H groups in total. The molecule has 6 heteroatoms. The molecule has 1 atom stereocenters. The van der Waals surface area contributed by atoms with Gasteiger partial charge in [0, 0.05) is 30.6 Å². The molecule has 0 aliphatic carbocycles. The standard InChI is InChI=1S/C16H22N2O4/c1-11(22-16(19)20-4)21-14-7-5-6-13-15(14)12(10-17-13)8-9-18(2)3/h5-7,10-11,17H,8-9H2,1-4H3. The van der Waals surface area contributed by atoms with Gasteiger partial charge in [-0.1, -0.05) is 6.07 Å². The molecule has 0 bridgehead atoms. The Morgan fingerprint density at radius 3 is 2.82 bits per heavy atom. The first-order chi connectivity index (χ1) is 10.5. The number of hydrogen-bond donors (Lipinski definition) is 1. The number of carbonyl (C=O) groups is 1. The molecule has 22 heavy (non-hydrogen) atoms. The molecule has 120 valence electrons. The van der Waals surface area contributed by atoms with E-state index in [1.165, 1.54) is 12.7 Å². The van der Waals surface area contributed by atoms with Crippen molar-refractivity contribution in [1.29, 1.82) is 0 Å². The summed E-state index contributed by atoms with van der Waals surface area (Å²) in [5.74, 6) is 0.684. The fourth-order valence-electron chi connectivity index (χ4n) is 2.25. The minimum Gasteiger partial charge on any atom is -0.454 e. The summed E-state index contributed by atoms with van der Waals surface area (Å²) < 4.78 is 15.2. The Morgan fingerprint density at radius 2 is 2.14 bits per heavy atom. The molecule has 0 saturated carbocycles. The Bertz CT molecular complexity index is 636. The van der Waals surface area contributed by atoms with Crippen LogP contribution in [0.25, 0.3) is 10.9 Å². The molecule has 0 saturated heterocycles. The maximum Gasteiger partial charge on any atom is 0.511 e. The van der Waals surface area contributed by atoms with Crippen LogP contribution in [0.5, 0.6) is 5.75 Å². The van der Waals surface area contributed by atoms with Crippen LogP contribution in [0.3, 0.4) is 0 Å². The number of aromatic amines is 1. The van der Waals surface area contributed by atoms with Crippen LogP contribution in [0.4, 0.5) is 4.79 Å². The molecular formula is C16H22N2O4. The summed E-state index contributed by atoms with van der Waals surface area (Å²) in [5, 5.41) is 1.02. The maximum absolute atomic E-state index is 11.1. The number of aromatic nitrogens is 1. The van der Waals surface area contributed by atoms with Crippen LogP contribution in [0.15, 0.2) is 24.4 Å². The van der Waals surface area contributed by atoms with Crippen molar-refractivity contribution in [2.24, 2.45) is 0 Å². The quantitative estimate of drug-likeness (QED) is 0.657. The SMILES string of the molecule is COC(=O)OC(C)Oc1cccc2[nH]cc(CCN(C)C)c12. The van der Waals surface area contributed by atoms with Crippen LogP contribution < -0.4 is 4.74 Å². The number of likely N-dealkylation sites (N-methyl/N-ethyl adjacent to an activating group) is 1. The highest BCUT2D eigenvalue weighted by molar-refractivity contribution is 5.89. The zero-order valence-corrected chi connectivity index (χ0v) is 13.4. The van der Waals surface area contributed by atoms with E-state index in [2.05, 4.69) is 14.6 Å². The molecule has 0 aliphatic heterocycles. The van der Waals surface area contributed by atoms with Crippen molar-refractivity contribution in [2.45, 2.75) is 19.6 Å². The van der Waals surface area contributed by atoms with Gasteiger partial charge in [0.2, 0.25) is 6.29 Å². The van der Waals surface area contributed by atoms with Gasteiger partial charge in [-0.3, -0.25) is 0 Å². The highest BCUT2D eigenvalue weighted by atomic mass is 16.8. The molecule has 6 nitrogen and oxygen atoms in total. The topological polar surface area (TPSA) is 63.8 Å². The van der Waals surface area contributed by atoms with Crippen molar-refractivity contribution in [3.05, 3.63) is 30.0 Å². The molecule has 0 spiro atoms. The van der Waals surface area contributed by atoms with Crippen molar-refractivity contribution >= 4 is 17.1 Å². The summed E-state index contributed by atoms with van der Waals surface area (Å²) in [5.41, 5.74) is 2.17. The minimum atomic E-state index is -0.762. The van der Waals surface area contributed by atoms with Gasteiger partial charge < -0.3 is 24.1 Å². The van der Waals surface area contributed by atoms with Crippen LogP contribution in [0, 0.1) is 0 Å². The predicted octanol–water partition coefficient (Wildman–Crippen LogP) is 2.78. The van der Waals surface area contributed by atoms with E-state index < -0.39 is 12.4 Å². The van der Waals surface area contributed by atoms with Crippen molar-refractivity contribution in [3.63, 3.8) is 0 Å². The molecule has 0 aliphatic rings. The molecule has 1 aromatic carbocycles. The highest BCUT2D eigenvalue weighted by Crippen LogP contribution is 2.30. The normalized spacial score (nSPS) is 12.4. The van der Waals surface area contributed by atoms with Crippen molar-refractivity contribution in [1.82, 2.24) is 9.88 Å². The number of fused-ring (bicyclic) bond motifs is 1. The second kappa shape index (κ2) is 7.17. The number of ether oxygens (including phenoxy) is 3. The summed E-state index contributed by atoms with van der Waals surface area (Å²) in [4.78, 5) is 16.5. The lowest BCUT2D eigenvalue weighted by Gasteiger charge is -2.16. The van der Waals surface area contributed by atoms with E-state index in [1.807, 2.05) is 38.5 Å². The number of rotatable bonds is 6. The number of H-pyrrole nitrogens is 1. The Hall–Kier alpha value is -2.21. The number of benzene rings is 1. The molecule has 1 unspecified atom stereocenters. The average Bonchev–Trinajstić information content (AvgIpc) is 2.89. The van der Waals surface area contributed by atoms with Gasteiger partial charge in [-0.25, -0.2) is 4.79 Å². The lowest BCUT2D eigenvalue weighted by atomic mass is 10.1. The Kier molecular flexibility index (Phi) is 5.27. The zero-order valence-electron chi connectivity index (χ0n) is 13.4. The molecule has 0 radical (unpaired) electrons. The van der Waals surface area contributed by atoms with Gasteiger partial charge in [0.15, 0.2) is 0 Å². The van der Waals surface area contributed by atoms with Crippen LogP contribution in [0.2, 0.25) is 0 Å². The van der Waals surface area contributed by atoms with Gasteiger partial charge in [0.25, 0.3) is 0 Å². The van der Waals surface area contributed by atoms with E-state index in [0.717, 1.165) is 23.9 Å². The van der Waals surface area contributed by atoms with Crippen molar-refractivity contribution in [3.8, 4) is 5.75 Å². The lowest BCUT2D eigenvalue weighted by molar-refractivity contribution is -0.0464. The summed E-state index contributed by atoms with van der Waals surface area (Å²) in [6, 6.07) is 5.76. The predicted molar refractivity (Wildman–Crippen MR) is 84.1 cm³/mol. The number of nitrogens with one attached hydrogen (secondary N) is 1. The Morgan fingerprint density at radius 1 is 1.36 bits per heavy atom. The highest BCUT2D eigenvalue weighted by Gasteiger charge is 2.15. The fourth-order valence-corrected chi connectivity index (χ4v) is 2.25. The van der Waals surface area contributed by atoms with Crippen LogP contribution in [-0.4, -0.2) is 50.1 Å². The van der Waals surface area contributed by atoms with Crippen LogP contribution in [-0.2, 0) is 15.9 Å². The summed E-state index contributed by atoms with van der Waals surface area (Å²) >= 11 is 0. The van der Waals surface area contributed by atoms with E-state index >= 15 is 0 Å². The molecule has 1 heterocycles. The molecule has 1 aromatic heterocycles. The van der Waals surface area contributed by atoms with Gasteiger partial charge in [-0.15, -0.1) is 0 Å². The second-order valence-corrected chi connectivity index (χ2v) is 5.30. The van der Waals surface area contributed by atoms with Crippen molar-refractivity contribution < 1.29 is 19.0 Å². The third-order valence-corrected chi connectivity index (χ3v) is 3.30. The van der Waals surface area contributed by atoms with E-state index in [1.54, 1.807) is 6.92 Å². The lowest BCUT2D eigenvalue weighted by Crippen LogP contribution is -2.21. The second-order valence-electron chi connectivity index (χ2n) is 5.30. The largest absolute Gasteiger partial charge is 0.511 e. The first kappa shape index (κ1) is 16.2. The molecule has 2 aromatic rings. The molecule has 2 rings (SSSR count). The van der Waals surface area contributed by atoms with Crippen molar-refractivity contribution in [2.75, 3.05) is 27.7 Å². The summed E-state index contributed by atoms with van der Waals surface area (Å²) in [6.07, 6.45) is 1.41. The number of carbonyl (C=O) groups excluding carboxylic acids is 1. The van der Waals surface area contributed by atoms with Gasteiger partial charge >= 0.3 is 6.16 Å². The molecule has 0 amide bonds. The van der Waals surface area contributed by atoms with Gasteiger partial charge in [-0.2, -0.15) is 0 Å². The Labute approximate surface area is 130 Å². The van der Waals surface area contributed by atoms with E-state index in [0.29, 0.717) is 5.75 Å². The third-order valence-electron chi connectivity index (χ3n) is 3.30. The van der Waals surface area contributed by atoms with E-state index in [4.69, 9.17) is 9.47 Å². The first-order valence-electron chi connectivity index (χ1n) is 7.16. The number of nitrogens with zero attached hydrogens (tertiary/aromatic N) is 1.